The number of thioether (sulfide) groups is 1. The van der Waals surface area contributed by atoms with Gasteiger partial charge in [0, 0.05) is 37.1 Å². The zero-order valence-electron chi connectivity index (χ0n) is 28.8. The number of hydrogen-bond donors (Lipinski definition) is 7. The Labute approximate surface area is 332 Å². The molecule has 8 unspecified atom stereocenters. The van der Waals surface area contributed by atoms with Gasteiger partial charge in [0.15, 0.2) is 22.8 Å². The minimum atomic E-state index is -5.90. The van der Waals surface area contributed by atoms with E-state index in [2.05, 4.69) is 43.5 Å². The molecule has 8 N–H and O–H groups in total. The average Bonchev–Trinajstić information content (AvgIpc) is 3.61. The maximum absolute atomic E-state index is 12.5. The summed E-state index contributed by atoms with van der Waals surface area (Å²) >= 11 is 0.925. The van der Waals surface area contributed by atoms with Crippen LogP contribution in [-0.2, 0) is 50.7 Å². The molecule has 0 aliphatic carbocycles. The first-order valence-corrected chi connectivity index (χ1v) is 20.6. The molecule has 30 heteroatoms. The molecular formula is C24H37N7NaO18P3S-2. The van der Waals surface area contributed by atoms with E-state index in [4.69, 9.17) is 15.6 Å². The van der Waals surface area contributed by atoms with Crippen molar-refractivity contribution in [3.05, 3.63) is 12.7 Å². The van der Waals surface area contributed by atoms with Crippen molar-refractivity contribution in [1.82, 2.24) is 30.2 Å². The molecule has 1 aliphatic rings. The minimum absolute atomic E-state index is 0. The molecule has 2 aromatic rings. The molecule has 2 aromatic heterocycles. The molecule has 8 atom stereocenters. The Morgan fingerprint density at radius 2 is 1.76 bits per heavy atom. The van der Waals surface area contributed by atoms with Gasteiger partial charge in [-0.15, -0.1) is 0 Å². The smallest absolute Gasteiger partial charge is 0.756 e. The second-order valence-corrected chi connectivity index (χ2v) is 17.0. The topological polar surface area (TPSA) is 392 Å². The number of nitrogens with one attached hydrogen (secondary N) is 2. The van der Waals surface area contributed by atoms with Crippen LogP contribution < -0.4 is 60.6 Å². The quantitative estimate of drug-likeness (QED) is 0.0348. The van der Waals surface area contributed by atoms with Crippen molar-refractivity contribution in [2.45, 2.75) is 57.3 Å². The van der Waals surface area contributed by atoms with Gasteiger partial charge in [0.05, 0.1) is 26.1 Å². The molecule has 0 aromatic carbocycles. The Kier molecular flexibility index (Phi) is 18.7. The number of rotatable bonds is 21. The van der Waals surface area contributed by atoms with Gasteiger partial charge >= 0.3 is 29.6 Å². The van der Waals surface area contributed by atoms with Gasteiger partial charge in [0.1, 0.15) is 36.3 Å². The first-order chi connectivity index (χ1) is 24.6. The number of carbonyl (C=O) groups is 3. The first kappa shape index (κ1) is 48.7. The maximum atomic E-state index is 12.5. The number of aliphatic hydroxyl groups excluding tert-OH is 3. The third kappa shape index (κ3) is 14.8. The van der Waals surface area contributed by atoms with Crippen LogP contribution in [-0.4, -0.2) is 120 Å². The van der Waals surface area contributed by atoms with E-state index in [1.807, 2.05) is 0 Å². The van der Waals surface area contributed by atoms with Crippen LogP contribution in [0.25, 0.3) is 11.2 Å². The number of ether oxygens (including phenoxy) is 1. The summed E-state index contributed by atoms with van der Waals surface area (Å²) in [6.45, 7) is -0.268. The Bertz CT molecular complexity index is 1750. The van der Waals surface area contributed by atoms with Crippen molar-refractivity contribution in [3.8, 4) is 0 Å². The number of phosphoric ester groups is 3. The molecule has 0 saturated carbocycles. The number of imidazole rings is 1. The first-order valence-electron chi connectivity index (χ1n) is 15.2. The second kappa shape index (κ2) is 20.8. The van der Waals surface area contributed by atoms with Crippen LogP contribution in [0.5, 0.6) is 0 Å². The number of fused-ring (bicyclic) bond motifs is 1. The maximum Gasteiger partial charge on any atom is 1.00 e. The van der Waals surface area contributed by atoms with Crippen LogP contribution in [0, 0.1) is 5.41 Å². The SMILES string of the molecule is CC(C)(COP(=O)([O-])OP(=O)([O-])OCC1OC(n2cnc3c(N)ncnc32)C(O)C1OP(=O)([O-])O)C(O)C(=O)NCCC(=O)NCCSC(=O)CCO.[Na+]. The number of amides is 2. The van der Waals surface area contributed by atoms with Gasteiger partial charge in [-0.25, -0.2) is 19.3 Å². The number of nitrogens with two attached hydrogens (primary N) is 1. The van der Waals surface area contributed by atoms with E-state index in [0.717, 1.165) is 29.0 Å². The van der Waals surface area contributed by atoms with Gasteiger partial charge in [-0.3, -0.25) is 32.6 Å². The Hall–Kier alpha value is -1.48. The molecule has 2 amide bonds. The van der Waals surface area contributed by atoms with Crippen LogP contribution in [0.2, 0.25) is 0 Å². The molecule has 25 nitrogen and oxygen atoms in total. The fourth-order valence-electron chi connectivity index (χ4n) is 4.44. The van der Waals surface area contributed by atoms with Crippen molar-refractivity contribution < 1.29 is 115 Å². The van der Waals surface area contributed by atoms with Gasteiger partial charge in [0.2, 0.25) is 11.8 Å². The van der Waals surface area contributed by atoms with E-state index in [9.17, 15) is 57.9 Å². The summed E-state index contributed by atoms with van der Waals surface area (Å²) in [7, 11) is -17.3. The predicted molar refractivity (Wildman–Crippen MR) is 172 cm³/mol. The summed E-state index contributed by atoms with van der Waals surface area (Å²) in [5, 5.41) is 34.5. The molecule has 0 radical (unpaired) electrons. The van der Waals surface area contributed by atoms with Gasteiger partial charge in [0.25, 0.3) is 23.5 Å². The number of aliphatic hydroxyl groups is 3. The summed E-state index contributed by atoms with van der Waals surface area (Å²) in [6.07, 6.45) is -7.47. The Morgan fingerprint density at radius 1 is 1.09 bits per heavy atom. The van der Waals surface area contributed by atoms with Crippen LogP contribution in [0.1, 0.15) is 32.9 Å². The predicted octanol–water partition coefficient (Wildman–Crippen LogP) is -6.84. The van der Waals surface area contributed by atoms with Gasteiger partial charge in [-0.1, -0.05) is 25.6 Å². The third-order valence-corrected chi connectivity index (χ3v) is 11.0. The minimum Gasteiger partial charge on any atom is -0.756 e. The normalized spacial score (nSPS) is 22.7. The molecule has 1 aliphatic heterocycles. The van der Waals surface area contributed by atoms with Crippen LogP contribution >= 0.6 is 35.2 Å². The summed E-state index contributed by atoms with van der Waals surface area (Å²) in [6, 6.07) is 0. The number of aromatic nitrogens is 4. The third-order valence-electron chi connectivity index (χ3n) is 7.06. The van der Waals surface area contributed by atoms with E-state index in [0.29, 0.717) is 0 Å². The van der Waals surface area contributed by atoms with E-state index in [1.165, 1.54) is 13.8 Å². The number of hydrogen-bond acceptors (Lipinski definition) is 22. The molecule has 0 bridgehead atoms. The number of phosphoric acid groups is 3. The van der Waals surface area contributed by atoms with Gasteiger partial charge < -0.3 is 69.6 Å². The number of anilines is 1. The fraction of sp³-hybridized carbons (Fsp3) is 0.667. The second-order valence-electron chi connectivity index (χ2n) is 11.7. The Balaban J connectivity index is 0.0000101. The average molecular weight is 860 g/mol. The standard InChI is InChI=1S/C24H40N7O18P3S.Na/c1-24(2,19(36)22(37)27-5-3-14(33)26-6-8-53-15(34)4-7-32)10-46-52(43,44)49-51(41,42)45-9-13-18(48-50(38,39)40)17(35)23(47-13)31-12-30-16-20(25)28-11-29-21(16)31;/h11-13,17-19,23,32,35-36H,3-10H2,1-2H3,(H,26,33)(H,27,37)(H,41,42)(H,43,44)(H2,25,28,29)(H2,38,39,40);/q;+1/p-3. The van der Waals surface area contributed by atoms with Crippen LogP contribution in [0.3, 0.4) is 0 Å². The molecule has 1 fully saturated rings. The van der Waals surface area contributed by atoms with E-state index in [-0.39, 0.29) is 89.9 Å². The van der Waals surface area contributed by atoms with E-state index >= 15 is 0 Å². The molecule has 54 heavy (non-hydrogen) atoms. The largest absolute Gasteiger partial charge is 1.00 e. The molecule has 3 rings (SSSR count). The van der Waals surface area contributed by atoms with Crippen molar-refractivity contribution in [2.24, 2.45) is 5.41 Å². The number of nitrogens with zero attached hydrogens (tertiary/aromatic N) is 4. The van der Waals surface area contributed by atoms with Crippen molar-refractivity contribution in [3.63, 3.8) is 0 Å². The summed E-state index contributed by atoms with van der Waals surface area (Å²) < 4.78 is 60.6. The summed E-state index contributed by atoms with van der Waals surface area (Å²) in [4.78, 5) is 93.0. The molecule has 3 heterocycles. The van der Waals surface area contributed by atoms with Gasteiger partial charge in [-0.05, 0) is 0 Å². The van der Waals surface area contributed by atoms with Crippen molar-refractivity contribution >= 4 is 69.1 Å². The zero-order chi connectivity index (χ0) is 39.8. The van der Waals surface area contributed by atoms with E-state index < -0.39 is 84.6 Å². The van der Waals surface area contributed by atoms with Crippen LogP contribution in [0.15, 0.2) is 12.7 Å². The molecule has 0 spiro atoms. The van der Waals surface area contributed by atoms with Crippen molar-refractivity contribution in [2.75, 3.05) is 44.4 Å². The van der Waals surface area contributed by atoms with Crippen LogP contribution in [0.4, 0.5) is 5.82 Å². The number of carbonyl (C=O) groups excluding carboxylic acids is 3. The monoisotopic (exact) mass is 859 g/mol. The zero-order valence-corrected chi connectivity index (χ0v) is 34.3. The Morgan fingerprint density at radius 3 is 2.41 bits per heavy atom. The van der Waals surface area contributed by atoms with Gasteiger partial charge in [-0.2, -0.15) is 0 Å². The van der Waals surface area contributed by atoms with E-state index in [1.54, 1.807) is 0 Å². The molecule has 300 valence electrons. The van der Waals surface area contributed by atoms with Crippen molar-refractivity contribution in [1.29, 1.82) is 0 Å². The molecule has 1 saturated heterocycles. The summed E-state index contributed by atoms with van der Waals surface area (Å²) in [5.74, 6) is -1.33. The molecular weight excluding hydrogens is 822 g/mol. The fourth-order valence-corrected chi connectivity index (χ4v) is 7.85. The number of nitrogen functional groups attached to an aromatic ring is 1. The summed E-state index contributed by atoms with van der Waals surface area (Å²) in [5.41, 5.74) is 4.08.